The molecule has 24 heteroatoms. The number of nitrogens with zero attached hydrogens (tertiary/aromatic N) is 8. The minimum atomic E-state index is -3.17. The zero-order valence-electron chi connectivity index (χ0n) is 69.8. The van der Waals surface area contributed by atoms with Gasteiger partial charge < -0.3 is 57.5 Å². The van der Waals surface area contributed by atoms with E-state index in [4.69, 9.17) is 40.2 Å². The van der Waals surface area contributed by atoms with E-state index in [0.717, 1.165) is 0 Å². The Morgan fingerprint density at radius 1 is 0.188 bits per heavy atom. The summed E-state index contributed by atoms with van der Waals surface area (Å²) in [6.07, 6.45) is 0. The van der Waals surface area contributed by atoms with Crippen molar-refractivity contribution >= 4 is 121 Å². The summed E-state index contributed by atoms with van der Waals surface area (Å²) in [4.78, 5) is 0. The molecule has 592 valence electrons. The van der Waals surface area contributed by atoms with Gasteiger partial charge in [-0.2, -0.15) is 0 Å². The van der Waals surface area contributed by atoms with Gasteiger partial charge in [-0.05, 0) is 55.4 Å². The van der Waals surface area contributed by atoms with Crippen molar-refractivity contribution < 1.29 is 94.1 Å². The number of hydrogen-bond donors (Lipinski definition) is 0. The van der Waals surface area contributed by atoms with Crippen LogP contribution in [-0.2, 0) is 0 Å². The number of halogens is 4. The summed E-state index contributed by atoms with van der Waals surface area (Å²) >= 11 is 0. The monoisotopic (exact) mass is 1530 g/mol. The van der Waals surface area contributed by atoms with Gasteiger partial charge in [0.15, 0.2) is 45.7 Å². The summed E-state index contributed by atoms with van der Waals surface area (Å²) in [5.74, 6) is 4.71. The van der Waals surface area contributed by atoms with Crippen molar-refractivity contribution in [3.63, 3.8) is 0 Å². The van der Waals surface area contributed by atoms with Crippen molar-refractivity contribution in [1.82, 2.24) is 0 Å². The van der Waals surface area contributed by atoms with Crippen molar-refractivity contribution in [1.29, 1.82) is 0 Å². The summed E-state index contributed by atoms with van der Waals surface area (Å²) in [6, 6.07) is 68.9. The van der Waals surface area contributed by atoms with Crippen LogP contribution < -0.4 is 40.2 Å². The molecule has 8 heterocycles. The first-order valence-electron chi connectivity index (χ1n) is 37.8. The molecule has 8 aliphatic rings. The molecular formula is C88H112B4F4N8O8. The molecule has 0 bridgehead atoms. The summed E-state index contributed by atoms with van der Waals surface area (Å²) in [5.41, 5.74) is 34.1. The lowest BCUT2D eigenvalue weighted by Gasteiger charge is -2.09. The summed E-state index contributed by atoms with van der Waals surface area (Å²) in [7, 11) is 4.43. The first-order chi connectivity index (χ1) is 52.6. The Bertz CT molecular complexity index is 3930. The Kier molecular flexibility index (Phi) is 36.0. The lowest BCUT2D eigenvalue weighted by atomic mass is 9.99. The maximum atomic E-state index is 9.89. The molecular weight excluding hydrogens is 1420 g/mol. The fraction of sp³-hybridized carbons (Fsp3) is 0.364. The van der Waals surface area contributed by atoms with E-state index in [9.17, 15) is 17.3 Å². The predicted octanol–water partition coefficient (Wildman–Crippen LogP) is 11.0. The molecule has 0 saturated carbocycles. The van der Waals surface area contributed by atoms with Gasteiger partial charge in [-0.3, -0.25) is 0 Å². The van der Waals surface area contributed by atoms with E-state index in [0.29, 0.717) is 47.3 Å². The van der Waals surface area contributed by atoms with E-state index >= 15 is 0 Å². The van der Waals surface area contributed by atoms with Gasteiger partial charge in [0.05, 0.1) is 47.3 Å². The number of rotatable bonds is 0. The van der Waals surface area contributed by atoms with Crippen LogP contribution in [0.25, 0.3) is 0 Å². The van der Waals surface area contributed by atoms with Crippen LogP contribution in [0.2, 0.25) is 0 Å². The van der Waals surface area contributed by atoms with Crippen LogP contribution in [0.5, 0.6) is 0 Å². The fourth-order valence-corrected chi connectivity index (χ4v) is 14.9. The van der Waals surface area contributed by atoms with E-state index in [1.807, 2.05) is 0 Å². The number of para-hydroxylation sites is 8. The second-order valence-corrected chi connectivity index (χ2v) is 28.9. The molecule has 0 saturated heterocycles. The lowest BCUT2D eigenvalue weighted by Crippen LogP contribution is -2.39. The first kappa shape index (κ1) is 93.4. The molecule has 0 aromatic heterocycles. The van der Waals surface area contributed by atoms with Gasteiger partial charge in [-0.1, -0.05) is 146 Å². The van der Waals surface area contributed by atoms with Gasteiger partial charge >= 0.3 is 0 Å². The molecule has 0 N–H and O–H groups in total. The number of hydrogen-bond acceptors (Lipinski definition) is 8. The molecule has 112 heavy (non-hydrogen) atoms. The molecule has 0 aliphatic carbocycles. The highest BCUT2D eigenvalue weighted by Crippen LogP contribution is 2.40. The predicted molar refractivity (Wildman–Crippen MR) is 439 cm³/mol. The fourth-order valence-electron chi connectivity index (χ4n) is 14.9. The lowest BCUT2D eigenvalue weighted by molar-refractivity contribution is -0.402. The molecule has 8 atom stereocenters. The summed E-state index contributed by atoms with van der Waals surface area (Å²) in [5, 5.41) is 66.4. The van der Waals surface area contributed by atoms with Gasteiger partial charge in [0.2, 0.25) is 45.5 Å². The van der Waals surface area contributed by atoms with Gasteiger partial charge in [0.1, 0.15) is 86.0 Å². The minimum Gasteiger partial charge on any atom is -0.867 e. The van der Waals surface area contributed by atoms with Gasteiger partial charge in [-0.15, -0.1) is 0 Å². The molecule has 8 aliphatic heterocycles. The van der Waals surface area contributed by atoms with Gasteiger partial charge in [-0.25, -0.2) is 36.6 Å². The normalized spacial score (nSPS) is 19.3. The smallest absolute Gasteiger partial charge is 0.208 e. The molecule has 8 aromatic carbocycles. The topological polar surface area (TPSA) is 209 Å². The first-order valence-corrected chi connectivity index (χ1v) is 37.8. The van der Waals surface area contributed by atoms with Crippen molar-refractivity contribution in [2.75, 3.05) is 56.4 Å². The molecule has 16 rings (SSSR count). The molecule has 16 nitrogen and oxygen atoms in total. The highest BCUT2D eigenvalue weighted by molar-refractivity contribution is 6.27. The van der Waals surface area contributed by atoms with E-state index < -0.39 is 29.6 Å². The third-order valence-electron chi connectivity index (χ3n) is 23.4. The quantitative estimate of drug-likeness (QED) is 0.0808. The third kappa shape index (κ3) is 23.5. The standard InChI is InChI=1S/8C11H14N.4BFO2/c8*1-8-9(2)12(3)11-7-5-4-6-10(8)11;4*2-1(3)4/h8*4-8H,1-3H3;;;;/q8*+1;4*-2. The van der Waals surface area contributed by atoms with Crippen LogP contribution in [0.4, 0.5) is 62.8 Å². The SMILES string of the molecule is CC1=[N+](C)c2ccccc2C1C.CC1=[N+](C)c2ccccc2C1C.CC1=[N+](C)c2ccccc2C1C.CC1=[N+](C)c2ccccc2C1C.CC1=[N+](C)c2ccccc2C1C.CC1=[N+](C)c2ccccc2C1C.CC1=[N+](C)c2ccccc2C1C.CC1=[N+](C)c2ccccc2C1C.[O-]B([O-])F.[O-]B([O-])F.[O-]B([O-])F.[O-]B([O-])F. The Morgan fingerprint density at radius 2 is 0.259 bits per heavy atom. The molecule has 0 amide bonds. The average molecular weight is 1530 g/mol. The highest BCUT2D eigenvalue weighted by atomic mass is 19.1. The summed E-state index contributed by atoms with van der Waals surface area (Å²) < 4.78 is 57.8. The minimum absolute atomic E-state index is 0.589. The Hall–Kier alpha value is -9.22. The molecule has 0 spiro atoms. The number of benzene rings is 8. The molecule has 8 aromatic rings. The van der Waals surface area contributed by atoms with Crippen molar-refractivity contribution in [3.05, 3.63) is 239 Å². The van der Waals surface area contributed by atoms with Gasteiger partial charge in [0, 0.05) is 148 Å². The van der Waals surface area contributed by atoms with E-state index in [-0.39, 0.29) is 0 Å². The van der Waals surface area contributed by atoms with Crippen LogP contribution in [0.1, 0.15) is 203 Å². The van der Waals surface area contributed by atoms with Crippen molar-refractivity contribution in [3.8, 4) is 0 Å². The Morgan fingerprint density at radius 3 is 0.330 bits per heavy atom. The number of fused-ring (bicyclic) bond motifs is 8. The van der Waals surface area contributed by atoms with E-state index in [2.05, 4.69) is 398 Å². The van der Waals surface area contributed by atoms with E-state index in [1.165, 1.54) is 136 Å². The molecule has 0 radical (unpaired) electrons. The van der Waals surface area contributed by atoms with Crippen LogP contribution in [-0.4, -0.2) is 168 Å². The zero-order valence-corrected chi connectivity index (χ0v) is 69.8. The van der Waals surface area contributed by atoms with Crippen molar-refractivity contribution in [2.24, 2.45) is 0 Å². The van der Waals surface area contributed by atoms with Gasteiger partial charge in [0.25, 0.3) is 0 Å². The Labute approximate surface area is 664 Å². The third-order valence-corrected chi connectivity index (χ3v) is 23.4. The second kappa shape index (κ2) is 43.1. The van der Waals surface area contributed by atoms with Crippen LogP contribution >= 0.6 is 0 Å². The average Bonchev–Trinajstić information content (AvgIpc) is 1.73. The molecule has 0 fully saturated rings. The molecule has 8 unspecified atom stereocenters. The summed E-state index contributed by atoms with van der Waals surface area (Å²) in [6.45, 7) is 35.7. The maximum Gasteiger partial charge on any atom is 0.208 e. The van der Waals surface area contributed by atoms with Crippen LogP contribution in [0, 0.1) is 0 Å². The zero-order chi connectivity index (χ0) is 84.0. The van der Waals surface area contributed by atoms with E-state index in [1.54, 1.807) is 0 Å². The second-order valence-electron chi connectivity index (χ2n) is 28.9. The van der Waals surface area contributed by atoms with Crippen LogP contribution in [0.15, 0.2) is 194 Å². The van der Waals surface area contributed by atoms with Crippen LogP contribution in [0.3, 0.4) is 0 Å². The highest BCUT2D eigenvalue weighted by Gasteiger charge is 2.36. The Balaban J connectivity index is 0.000000223. The maximum absolute atomic E-state index is 9.89. The largest absolute Gasteiger partial charge is 0.867 e. The van der Waals surface area contributed by atoms with Crippen molar-refractivity contribution in [2.45, 2.75) is 158 Å².